The highest BCUT2D eigenvalue weighted by Crippen LogP contribution is 2.26. The highest BCUT2D eigenvalue weighted by atomic mass is 32.1. The Balaban J connectivity index is 1.80. The van der Waals surface area contributed by atoms with Crippen LogP contribution in [-0.4, -0.2) is 14.3 Å². The Labute approximate surface area is 114 Å². The molecule has 3 aromatic rings. The normalized spacial score (nSPS) is 10.4. The summed E-state index contributed by atoms with van der Waals surface area (Å²) in [6.45, 7) is 1.93. The molecule has 5 heteroatoms. The molecule has 0 bridgehead atoms. The van der Waals surface area contributed by atoms with Gasteiger partial charge < -0.3 is 4.74 Å². The van der Waals surface area contributed by atoms with Crippen LogP contribution in [0.15, 0.2) is 48.7 Å². The molecular formula is C14H11N3OS. The van der Waals surface area contributed by atoms with E-state index in [-0.39, 0.29) is 0 Å². The molecule has 4 nitrogen and oxygen atoms in total. The van der Waals surface area contributed by atoms with Crippen LogP contribution in [0.2, 0.25) is 0 Å². The van der Waals surface area contributed by atoms with E-state index in [1.807, 2.05) is 49.4 Å². The van der Waals surface area contributed by atoms with Gasteiger partial charge in [-0.2, -0.15) is 9.36 Å². The van der Waals surface area contributed by atoms with Gasteiger partial charge in [-0.25, -0.2) is 0 Å². The maximum Gasteiger partial charge on any atom is 0.299 e. The molecule has 0 amide bonds. The Kier molecular flexibility index (Phi) is 3.20. The lowest BCUT2D eigenvalue weighted by Crippen LogP contribution is -1.86. The van der Waals surface area contributed by atoms with Crippen LogP contribution in [0.4, 0.5) is 0 Å². The number of hydrogen-bond donors (Lipinski definition) is 0. The Bertz CT molecular complexity index is 665. The van der Waals surface area contributed by atoms with Gasteiger partial charge in [0.2, 0.25) is 0 Å². The highest BCUT2D eigenvalue weighted by Gasteiger charge is 2.07. The number of aryl methyl sites for hydroxylation is 1. The largest absolute Gasteiger partial charge is 0.428 e. The Morgan fingerprint density at radius 1 is 1.05 bits per heavy atom. The van der Waals surface area contributed by atoms with Gasteiger partial charge >= 0.3 is 0 Å². The zero-order chi connectivity index (χ0) is 13.1. The van der Waals surface area contributed by atoms with E-state index in [4.69, 9.17) is 4.74 Å². The first-order chi connectivity index (χ1) is 9.31. The van der Waals surface area contributed by atoms with Crippen LogP contribution >= 0.6 is 11.5 Å². The summed E-state index contributed by atoms with van der Waals surface area (Å²) in [5.41, 5.74) is 1.94. The summed E-state index contributed by atoms with van der Waals surface area (Å²) in [6.07, 6.45) is 1.68. The van der Waals surface area contributed by atoms with Crippen molar-refractivity contribution in [1.82, 2.24) is 14.3 Å². The molecule has 94 valence electrons. The number of ether oxygens (including phenoxy) is 1. The van der Waals surface area contributed by atoms with Crippen molar-refractivity contribution in [1.29, 1.82) is 0 Å². The summed E-state index contributed by atoms with van der Waals surface area (Å²) < 4.78 is 9.90. The van der Waals surface area contributed by atoms with Crippen LogP contribution in [0, 0.1) is 6.92 Å². The molecule has 0 radical (unpaired) electrons. The van der Waals surface area contributed by atoms with E-state index in [0.29, 0.717) is 16.8 Å². The van der Waals surface area contributed by atoms with E-state index in [2.05, 4.69) is 14.3 Å². The van der Waals surface area contributed by atoms with Gasteiger partial charge in [0.1, 0.15) is 5.75 Å². The molecule has 0 aliphatic carbocycles. The summed E-state index contributed by atoms with van der Waals surface area (Å²) in [5.74, 6) is 1.35. The van der Waals surface area contributed by atoms with Crippen molar-refractivity contribution >= 4 is 11.5 Å². The summed E-state index contributed by atoms with van der Waals surface area (Å²) in [7, 11) is 0. The maximum absolute atomic E-state index is 5.62. The van der Waals surface area contributed by atoms with Gasteiger partial charge in [0.05, 0.1) is 6.20 Å². The number of benzene rings is 1. The number of rotatable bonds is 3. The number of aromatic nitrogens is 3. The fourth-order valence-corrected chi connectivity index (χ4v) is 2.14. The van der Waals surface area contributed by atoms with Gasteiger partial charge in [0.15, 0.2) is 5.82 Å². The molecular weight excluding hydrogens is 258 g/mol. The van der Waals surface area contributed by atoms with Crippen molar-refractivity contribution in [3.05, 3.63) is 54.4 Å². The average Bonchev–Trinajstić information content (AvgIpc) is 2.91. The van der Waals surface area contributed by atoms with E-state index < -0.39 is 0 Å². The lowest BCUT2D eigenvalue weighted by atomic mass is 10.2. The smallest absolute Gasteiger partial charge is 0.299 e. The molecule has 0 spiro atoms. The van der Waals surface area contributed by atoms with E-state index in [9.17, 15) is 0 Å². The molecule has 0 aliphatic rings. The van der Waals surface area contributed by atoms with Gasteiger partial charge in [-0.15, -0.1) is 0 Å². The molecule has 0 aliphatic heterocycles. The number of nitrogens with zero attached hydrogens (tertiary/aromatic N) is 3. The molecule has 2 heterocycles. The van der Waals surface area contributed by atoms with Crippen molar-refractivity contribution < 1.29 is 4.74 Å². The third-order valence-electron chi connectivity index (χ3n) is 2.53. The fourth-order valence-electron chi connectivity index (χ4n) is 1.57. The summed E-state index contributed by atoms with van der Waals surface area (Å²) >= 11 is 1.23. The van der Waals surface area contributed by atoms with Crippen molar-refractivity contribution in [3.8, 4) is 22.3 Å². The molecule has 2 aromatic heterocycles. The Morgan fingerprint density at radius 3 is 2.63 bits per heavy atom. The maximum atomic E-state index is 5.62. The minimum atomic E-state index is 0.518. The third-order valence-corrected chi connectivity index (χ3v) is 3.12. The second kappa shape index (κ2) is 5.16. The first-order valence-corrected chi connectivity index (χ1v) is 6.58. The van der Waals surface area contributed by atoms with Crippen LogP contribution in [0.1, 0.15) is 5.69 Å². The summed E-state index contributed by atoms with van der Waals surface area (Å²) in [5, 5.41) is 0.518. The first kappa shape index (κ1) is 11.8. The molecule has 1 aromatic carbocycles. The zero-order valence-electron chi connectivity index (χ0n) is 10.3. The molecule has 0 saturated heterocycles. The van der Waals surface area contributed by atoms with E-state index in [0.717, 1.165) is 11.3 Å². The van der Waals surface area contributed by atoms with Crippen LogP contribution in [-0.2, 0) is 0 Å². The Hall–Kier alpha value is -2.27. The monoisotopic (exact) mass is 269 g/mol. The lowest BCUT2D eigenvalue weighted by Gasteiger charge is -1.99. The third kappa shape index (κ3) is 2.77. The minimum Gasteiger partial charge on any atom is -0.428 e. The summed E-state index contributed by atoms with van der Waals surface area (Å²) in [4.78, 5) is 8.53. The molecule has 0 unspecified atom stereocenters. The predicted octanol–water partition coefficient (Wildman–Crippen LogP) is 3.70. The van der Waals surface area contributed by atoms with Crippen molar-refractivity contribution in [2.75, 3.05) is 0 Å². The molecule has 0 fully saturated rings. The van der Waals surface area contributed by atoms with Gasteiger partial charge in [-0.3, -0.25) is 4.98 Å². The fraction of sp³-hybridized carbons (Fsp3) is 0.0714. The molecule has 19 heavy (non-hydrogen) atoms. The van der Waals surface area contributed by atoms with Crippen LogP contribution in [0.3, 0.4) is 0 Å². The molecule has 0 saturated carbocycles. The SMILES string of the molecule is Cc1ccc(Oc2nc(-c3ccccc3)ns2)cn1. The average molecular weight is 269 g/mol. The van der Waals surface area contributed by atoms with E-state index >= 15 is 0 Å². The zero-order valence-corrected chi connectivity index (χ0v) is 11.1. The van der Waals surface area contributed by atoms with Crippen LogP contribution in [0.25, 0.3) is 11.4 Å². The topological polar surface area (TPSA) is 47.9 Å². The van der Waals surface area contributed by atoms with Gasteiger partial charge in [-0.1, -0.05) is 30.3 Å². The van der Waals surface area contributed by atoms with Gasteiger partial charge in [-0.05, 0) is 19.1 Å². The van der Waals surface area contributed by atoms with Crippen molar-refractivity contribution in [2.24, 2.45) is 0 Å². The predicted molar refractivity (Wildman–Crippen MR) is 74.4 cm³/mol. The number of pyridine rings is 1. The van der Waals surface area contributed by atoms with Crippen molar-refractivity contribution in [3.63, 3.8) is 0 Å². The number of hydrogen-bond acceptors (Lipinski definition) is 5. The van der Waals surface area contributed by atoms with Gasteiger partial charge in [0.25, 0.3) is 5.19 Å². The molecule has 0 atom stereocenters. The second-order valence-electron chi connectivity index (χ2n) is 3.99. The quantitative estimate of drug-likeness (QED) is 0.727. The van der Waals surface area contributed by atoms with E-state index in [1.54, 1.807) is 6.20 Å². The first-order valence-electron chi connectivity index (χ1n) is 5.81. The van der Waals surface area contributed by atoms with Gasteiger partial charge in [0, 0.05) is 22.8 Å². The highest BCUT2D eigenvalue weighted by molar-refractivity contribution is 7.07. The van der Waals surface area contributed by atoms with E-state index in [1.165, 1.54) is 11.5 Å². The standard InChI is InChI=1S/C14H11N3OS/c1-10-7-8-12(9-15-10)18-14-16-13(17-19-14)11-5-3-2-4-6-11/h2-9H,1H3. The summed E-state index contributed by atoms with van der Waals surface area (Å²) in [6, 6.07) is 13.6. The second-order valence-corrected chi connectivity index (χ2v) is 4.70. The lowest BCUT2D eigenvalue weighted by molar-refractivity contribution is 0.476. The Morgan fingerprint density at radius 2 is 1.89 bits per heavy atom. The minimum absolute atomic E-state index is 0.518. The van der Waals surface area contributed by atoms with Crippen LogP contribution < -0.4 is 4.74 Å². The van der Waals surface area contributed by atoms with Crippen molar-refractivity contribution in [2.45, 2.75) is 6.92 Å². The van der Waals surface area contributed by atoms with Crippen LogP contribution in [0.5, 0.6) is 10.9 Å². The molecule has 0 N–H and O–H groups in total. The molecule has 3 rings (SSSR count).